The van der Waals surface area contributed by atoms with Crippen molar-refractivity contribution in [3.63, 3.8) is 0 Å². The molecule has 4 heteroatoms. The van der Waals surface area contributed by atoms with Gasteiger partial charge in [0.25, 0.3) is 0 Å². The lowest BCUT2D eigenvalue weighted by molar-refractivity contribution is -1.01. The average molecular weight is 383 g/mol. The van der Waals surface area contributed by atoms with Gasteiger partial charge in [-0.3, -0.25) is 0 Å². The summed E-state index contributed by atoms with van der Waals surface area (Å²) in [5, 5.41) is 9.12. The smallest absolute Gasteiger partial charge is 0.127 e. The van der Waals surface area contributed by atoms with Crippen LogP contribution >= 0.6 is 11.8 Å². The van der Waals surface area contributed by atoms with E-state index in [9.17, 15) is 0 Å². The van der Waals surface area contributed by atoms with Gasteiger partial charge in [-0.25, -0.2) is 0 Å². The van der Waals surface area contributed by atoms with E-state index in [1.807, 2.05) is 11.8 Å². The third kappa shape index (κ3) is 4.46. The molecule has 2 aromatic rings. The first-order valence-corrected chi connectivity index (χ1v) is 11.1. The van der Waals surface area contributed by atoms with Crippen molar-refractivity contribution >= 4 is 17.3 Å². The summed E-state index contributed by atoms with van der Waals surface area (Å²) in [6, 6.07) is 17.7. The minimum Gasteiger partial charge on any atom is -0.391 e. The summed E-state index contributed by atoms with van der Waals surface area (Å²) in [7, 11) is 0. The number of nitrogens with one attached hydrogen (secondary N) is 2. The first-order chi connectivity index (χ1) is 13.3. The number of benzene rings is 2. The van der Waals surface area contributed by atoms with E-state index in [4.69, 9.17) is 5.11 Å². The van der Waals surface area contributed by atoms with Gasteiger partial charge < -0.3 is 14.9 Å². The van der Waals surface area contributed by atoms with Crippen molar-refractivity contribution in [3.05, 3.63) is 71.3 Å². The lowest BCUT2D eigenvalue weighted by atomic mass is 9.93. The fourth-order valence-electron chi connectivity index (χ4n) is 4.28. The summed E-state index contributed by atoms with van der Waals surface area (Å²) in [6.45, 7) is 7.25. The molecule has 3 N–H and O–H groups in total. The molecule has 0 bridgehead atoms. The maximum Gasteiger partial charge on any atom is 0.127 e. The molecule has 0 atom stereocenters. The molecule has 0 radical (unpaired) electrons. The molecule has 27 heavy (non-hydrogen) atoms. The van der Waals surface area contributed by atoms with Gasteiger partial charge in [0.15, 0.2) is 0 Å². The second kappa shape index (κ2) is 9.07. The Morgan fingerprint density at radius 2 is 1.52 bits per heavy atom. The Morgan fingerprint density at radius 3 is 2.30 bits per heavy atom. The molecule has 0 saturated carbocycles. The lowest BCUT2D eigenvalue weighted by Gasteiger charge is -2.29. The predicted octanol–water partition coefficient (Wildman–Crippen LogP) is 0.890. The van der Waals surface area contributed by atoms with E-state index >= 15 is 0 Å². The second-order valence-electron chi connectivity index (χ2n) is 7.57. The van der Waals surface area contributed by atoms with Crippen LogP contribution in [0.1, 0.15) is 23.1 Å². The van der Waals surface area contributed by atoms with E-state index in [1.165, 1.54) is 59.9 Å². The Labute approximate surface area is 166 Å². The van der Waals surface area contributed by atoms with Crippen LogP contribution in [0.15, 0.2) is 59.5 Å². The highest BCUT2D eigenvalue weighted by atomic mass is 32.2. The third-order valence-electron chi connectivity index (χ3n) is 5.84. The maximum atomic E-state index is 9.12. The molecule has 0 spiro atoms. The number of thioether (sulfide) groups is 1. The van der Waals surface area contributed by atoms with Gasteiger partial charge in [0.1, 0.15) is 32.7 Å². The zero-order valence-electron chi connectivity index (χ0n) is 15.9. The fourth-order valence-corrected chi connectivity index (χ4v) is 5.35. The van der Waals surface area contributed by atoms with E-state index < -0.39 is 0 Å². The van der Waals surface area contributed by atoms with Crippen molar-refractivity contribution in [2.24, 2.45) is 0 Å². The van der Waals surface area contributed by atoms with Crippen LogP contribution in [0, 0.1) is 0 Å². The number of fused-ring (bicyclic) bond motifs is 2. The standard InChI is InChI=1S/C23H28N2OS/c26-17-16-25-14-12-24(13-15-25)11-5-9-21-20-7-2-1-6-19(20)18-27-23-10-4-3-8-22(21)23/h1-4,6-10,26H,5,11-18H2/p+2/b21-9-. The Balaban J connectivity index is 1.49. The topological polar surface area (TPSA) is 29.1 Å². The van der Waals surface area contributed by atoms with Gasteiger partial charge in [0.05, 0.1) is 13.2 Å². The number of quaternary nitrogens is 2. The molecule has 4 rings (SSSR count). The van der Waals surface area contributed by atoms with Crippen molar-refractivity contribution in [2.45, 2.75) is 17.1 Å². The molecule has 2 aliphatic heterocycles. The van der Waals surface area contributed by atoms with Crippen LogP contribution in [0.3, 0.4) is 0 Å². The van der Waals surface area contributed by atoms with E-state index in [1.54, 1.807) is 9.80 Å². The van der Waals surface area contributed by atoms with Crippen LogP contribution in [0.2, 0.25) is 0 Å². The minimum atomic E-state index is 0.313. The zero-order valence-corrected chi connectivity index (χ0v) is 16.7. The van der Waals surface area contributed by atoms with Gasteiger partial charge in [-0.1, -0.05) is 48.5 Å². The molecule has 0 amide bonds. The molecule has 0 aromatic heterocycles. The van der Waals surface area contributed by atoms with Crippen LogP contribution in [0.5, 0.6) is 0 Å². The van der Waals surface area contributed by atoms with Crippen molar-refractivity contribution < 1.29 is 14.9 Å². The van der Waals surface area contributed by atoms with Crippen molar-refractivity contribution in [1.82, 2.24) is 0 Å². The van der Waals surface area contributed by atoms with E-state index in [-0.39, 0.29) is 0 Å². The lowest BCUT2D eigenvalue weighted by Crippen LogP contribution is -3.28. The SMILES string of the molecule is OCC[NH+]1CC[NH+](CC/C=C2/c3ccccc3CSc3ccccc32)CC1. The highest BCUT2D eigenvalue weighted by Gasteiger charge is 2.22. The van der Waals surface area contributed by atoms with Gasteiger partial charge in [-0.15, -0.1) is 11.8 Å². The number of piperazine rings is 1. The quantitative estimate of drug-likeness (QED) is 0.717. The Morgan fingerprint density at radius 1 is 0.852 bits per heavy atom. The summed E-state index contributed by atoms with van der Waals surface area (Å²) in [5.74, 6) is 1.05. The largest absolute Gasteiger partial charge is 0.391 e. The van der Waals surface area contributed by atoms with Crippen molar-refractivity contribution in [1.29, 1.82) is 0 Å². The summed E-state index contributed by atoms with van der Waals surface area (Å²) < 4.78 is 0. The molecule has 1 saturated heterocycles. The Hall–Kier alpha value is -1.59. The fraction of sp³-hybridized carbons (Fsp3) is 0.391. The summed E-state index contributed by atoms with van der Waals surface area (Å²) >= 11 is 1.95. The van der Waals surface area contributed by atoms with E-state index in [0.717, 1.165) is 18.7 Å². The van der Waals surface area contributed by atoms with Gasteiger partial charge >= 0.3 is 0 Å². The van der Waals surface area contributed by atoms with E-state index in [2.05, 4.69) is 54.6 Å². The first-order valence-electron chi connectivity index (χ1n) is 10.1. The molecule has 2 heterocycles. The number of hydrogen-bond donors (Lipinski definition) is 3. The zero-order chi connectivity index (χ0) is 18.5. The van der Waals surface area contributed by atoms with Crippen LogP contribution in [-0.4, -0.2) is 51.0 Å². The predicted molar refractivity (Wildman–Crippen MR) is 112 cm³/mol. The Kier molecular flexibility index (Phi) is 6.30. The van der Waals surface area contributed by atoms with Crippen LogP contribution in [-0.2, 0) is 5.75 Å². The van der Waals surface area contributed by atoms with Crippen LogP contribution in [0.4, 0.5) is 0 Å². The minimum absolute atomic E-state index is 0.313. The summed E-state index contributed by atoms with van der Waals surface area (Å²) in [6.07, 6.45) is 3.59. The molecule has 0 aliphatic carbocycles. The summed E-state index contributed by atoms with van der Waals surface area (Å²) in [5.41, 5.74) is 5.65. The molecule has 142 valence electrons. The van der Waals surface area contributed by atoms with Gasteiger partial charge in [0, 0.05) is 17.1 Å². The monoisotopic (exact) mass is 382 g/mol. The highest BCUT2D eigenvalue weighted by molar-refractivity contribution is 7.98. The number of aliphatic hydroxyl groups is 1. The molecular formula is C23H30N2OS+2. The third-order valence-corrected chi connectivity index (χ3v) is 6.97. The van der Waals surface area contributed by atoms with Crippen LogP contribution < -0.4 is 9.80 Å². The number of hydrogen-bond acceptors (Lipinski definition) is 2. The first kappa shape index (κ1) is 18.8. The highest BCUT2D eigenvalue weighted by Crippen LogP contribution is 2.39. The van der Waals surface area contributed by atoms with Crippen molar-refractivity contribution in [2.75, 3.05) is 45.9 Å². The maximum absolute atomic E-state index is 9.12. The van der Waals surface area contributed by atoms with Crippen LogP contribution in [0.25, 0.3) is 5.57 Å². The van der Waals surface area contributed by atoms with Gasteiger partial charge in [-0.05, 0) is 28.3 Å². The second-order valence-corrected chi connectivity index (χ2v) is 8.59. The molecule has 1 fully saturated rings. The molecule has 2 aromatic carbocycles. The molecule has 2 aliphatic rings. The Bertz CT molecular complexity index is 747. The van der Waals surface area contributed by atoms with Crippen molar-refractivity contribution in [3.8, 4) is 0 Å². The normalized spacial score (nSPS) is 23.5. The average Bonchev–Trinajstić information content (AvgIpc) is 2.87. The van der Waals surface area contributed by atoms with Gasteiger partial charge in [-0.2, -0.15) is 0 Å². The summed E-state index contributed by atoms with van der Waals surface area (Å²) in [4.78, 5) is 4.66. The molecule has 0 unspecified atom stereocenters. The molecule has 3 nitrogen and oxygen atoms in total. The van der Waals surface area contributed by atoms with Gasteiger partial charge in [0.2, 0.25) is 0 Å². The number of rotatable bonds is 5. The number of aliphatic hydroxyl groups excluding tert-OH is 1. The molecular weight excluding hydrogens is 352 g/mol. The van der Waals surface area contributed by atoms with E-state index in [0.29, 0.717) is 6.61 Å².